The third kappa shape index (κ3) is 3.21. The number of H-pyrrole nitrogens is 1. The standard InChI is InChI=1S/C19H21N5O2S/c1-3-26-14-8-6-13(7-9-14)24-12(2)20-16-15(18(24)27)17(25)22-19(21-16)23-10-4-5-11-23/h6-9H,3-5,10-11H2,1-2H3,(H,21,22,25). The molecule has 0 atom stereocenters. The quantitative estimate of drug-likeness (QED) is 0.698. The molecule has 140 valence electrons. The lowest BCUT2D eigenvalue weighted by atomic mass is 10.3. The maximum Gasteiger partial charge on any atom is 0.264 e. The Morgan fingerprint density at radius 1 is 1.19 bits per heavy atom. The average Bonchev–Trinajstić information content (AvgIpc) is 3.17. The van der Waals surface area contributed by atoms with Gasteiger partial charge in [-0.15, -0.1) is 0 Å². The molecule has 7 nitrogen and oxygen atoms in total. The molecule has 1 aliphatic rings. The Morgan fingerprint density at radius 3 is 2.56 bits per heavy atom. The van der Waals surface area contributed by atoms with Crippen LogP contribution in [0.5, 0.6) is 5.75 Å². The van der Waals surface area contributed by atoms with Gasteiger partial charge in [0.15, 0.2) is 5.65 Å². The Balaban J connectivity index is 1.85. The lowest BCUT2D eigenvalue weighted by Crippen LogP contribution is -2.25. The Labute approximate surface area is 161 Å². The number of aryl methyl sites for hydroxylation is 1. The van der Waals surface area contributed by atoms with Gasteiger partial charge in [0.05, 0.1) is 6.61 Å². The van der Waals surface area contributed by atoms with Crippen LogP contribution >= 0.6 is 12.2 Å². The van der Waals surface area contributed by atoms with Crippen LogP contribution in [0.3, 0.4) is 0 Å². The van der Waals surface area contributed by atoms with Crippen molar-refractivity contribution in [3.05, 3.63) is 45.1 Å². The van der Waals surface area contributed by atoms with E-state index in [9.17, 15) is 4.79 Å². The number of nitrogens with one attached hydrogen (secondary N) is 1. The van der Waals surface area contributed by atoms with E-state index in [0.29, 0.717) is 34.1 Å². The Bertz CT molecular complexity index is 1100. The first-order valence-electron chi connectivity index (χ1n) is 9.10. The van der Waals surface area contributed by atoms with Crippen LogP contribution in [0, 0.1) is 11.6 Å². The number of nitrogens with zero attached hydrogens (tertiary/aromatic N) is 4. The number of hydrogen-bond acceptors (Lipinski definition) is 6. The molecular formula is C19H21N5O2S. The van der Waals surface area contributed by atoms with Crippen LogP contribution in [-0.4, -0.2) is 39.2 Å². The molecule has 0 spiro atoms. The lowest BCUT2D eigenvalue weighted by Gasteiger charge is -2.17. The summed E-state index contributed by atoms with van der Waals surface area (Å²) in [6.45, 7) is 6.21. The molecule has 27 heavy (non-hydrogen) atoms. The van der Waals surface area contributed by atoms with Gasteiger partial charge in [0.2, 0.25) is 5.95 Å². The first-order valence-corrected chi connectivity index (χ1v) is 9.51. The van der Waals surface area contributed by atoms with E-state index in [1.54, 1.807) is 4.57 Å². The largest absolute Gasteiger partial charge is 0.494 e. The molecule has 1 saturated heterocycles. The second kappa shape index (κ2) is 7.11. The van der Waals surface area contributed by atoms with E-state index in [1.165, 1.54) is 0 Å². The van der Waals surface area contributed by atoms with Crippen LogP contribution in [0.2, 0.25) is 0 Å². The van der Waals surface area contributed by atoms with Crippen molar-refractivity contribution >= 4 is 29.2 Å². The van der Waals surface area contributed by atoms with Crippen molar-refractivity contribution in [1.82, 2.24) is 19.5 Å². The highest BCUT2D eigenvalue weighted by atomic mass is 32.1. The molecule has 2 aromatic heterocycles. The highest BCUT2D eigenvalue weighted by Crippen LogP contribution is 2.21. The van der Waals surface area contributed by atoms with Gasteiger partial charge in [-0.25, -0.2) is 4.98 Å². The Kier molecular flexibility index (Phi) is 4.65. The monoisotopic (exact) mass is 383 g/mol. The second-order valence-electron chi connectivity index (χ2n) is 6.51. The summed E-state index contributed by atoms with van der Waals surface area (Å²) >= 11 is 5.63. The van der Waals surface area contributed by atoms with Crippen LogP contribution in [0.15, 0.2) is 29.1 Å². The maximum atomic E-state index is 12.7. The summed E-state index contributed by atoms with van der Waals surface area (Å²) in [5.74, 6) is 2.04. The first kappa shape index (κ1) is 17.7. The normalized spacial score (nSPS) is 14.1. The van der Waals surface area contributed by atoms with E-state index in [2.05, 4.69) is 19.9 Å². The van der Waals surface area contributed by atoms with Crippen LogP contribution in [0.4, 0.5) is 5.95 Å². The summed E-state index contributed by atoms with van der Waals surface area (Å²) in [4.78, 5) is 26.8. The SMILES string of the molecule is CCOc1ccc(-n2c(C)nc3nc(N4CCCC4)[nH]c(=O)c3c2=S)cc1. The highest BCUT2D eigenvalue weighted by Gasteiger charge is 2.18. The van der Waals surface area contributed by atoms with Gasteiger partial charge in [-0.2, -0.15) is 4.98 Å². The van der Waals surface area contributed by atoms with Crippen molar-refractivity contribution in [2.45, 2.75) is 26.7 Å². The number of aromatic amines is 1. The second-order valence-corrected chi connectivity index (χ2v) is 6.90. The fraction of sp³-hybridized carbons (Fsp3) is 0.368. The molecule has 0 saturated carbocycles. The topological polar surface area (TPSA) is 76.0 Å². The van der Waals surface area contributed by atoms with Crippen LogP contribution in [0.1, 0.15) is 25.6 Å². The number of anilines is 1. The van der Waals surface area contributed by atoms with Crippen molar-refractivity contribution in [2.24, 2.45) is 0 Å². The van der Waals surface area contributed by atoms with Crippen molar-refractivity contribution in [1.29, 1.82) is 0 Å². The van der Waals surface area contributed by atoms with E-state index in [-0.39, 0.29) is 5.56 Å². The van der Waals surface area contributed by atoms with Crippen molar-refractivity contribution in [3.8, 4) is 11.4 Å². The van der Waals surface area contributed by atoms with Gasteiger partial charge < -0.3 is 9.64 Å². The minimum Gasteiger partial charge on any atom is -0.494 e. The summed E-state index contributed by atoms with van der Waals surface area (Å²) < 4.78 is 7.69. The average molecular weight is 383 g/mol. The summed E-state index contributed by atoms with van der Waals surface area (Å²) in [6, 6.07) is 7.56. The van der Waals surface area contributed by atoms with Crippen molar-refractivity contribution < 1.29 is 4.74 Å². The number of hydrogen-bond donors (Lipinski definition) is 1. The summed E-state index contributed by atoms with van der Waals surface area (Å²) in [6.07, 6.45) is 2.21. The zero-order chi connectivity index (χ0) is 19.0. The predicted octanol–water partition coefficient (Wildman–Crippen LogP) is 3.15. The zero-order valence-electron chi connectivity index (χ0n) is 15.4. The molecule has 1 fully saturated rings. The molecule has 8 heteroatoms. The predicted molar refractivity (Wildman–Crippen MR) is 108 cm³/mol. The number of ether oxygens (including phenoxy) is 1. The van der Waals surface area contributed by atoms with Crippen LogP contribution in [-0.2, 0) is 0 Å². The molecule has 1 N–H and O–H groups in total. The Morgan fingerprint density at radius 2 is 1.89 bits per heavy atom. The van der Waals surface area contributed by atoms with E-state index >= 15 is 0 Å². The van der Waals surface area contributed by atoms with Gasteiger partial charge in [0.25, 0.3) is 5.56 Å². The van der Waals surface area contributed by atoms with Gasteiger partial charge in [0, 0.05) is 18.8 Å². The molecule has 0 aliphatic carbocycles. The van der Waals surface area contributed by atoms with Gasteiger partial charge in [-0.1, -0.05) is 12.2 Å². The minimum atomic E-state index is -0.251. The lowest BCUT2D eigenvalue weighted by molar-refractivity contribution is 0.340. The molecule has 3 heterocycles. The van der Waals surface area contributed by atoms with E-state index in [1.807, 2.05) is 38.1 Å². The minimum absolute atomic E-state index is 0.251. The summed E-state index contributed by atoms with van der Waals surface area (Å²) in [5, 5.41) is 0.340. The third-order valence-corrected chi connectivity index (χ3v) is 5.09. The smallest absolute Gasteiger partial charge is 0.264 e. The van der Waals surface area contributed by atoms with Crippen molar-refractivity contribution in [2.75, 3.05) is 24.6 Å². The summed E-state index contributed by atoms with van der Waals surface area (Å²) in [5.41, 5.74) is 0.975. The molecule has 4 rings (SSSR count). The molecule has 0 amide bonds. The van der Waals surface area contributed by atoms with Crippen LogP contribution in [0.25, 0.3) is 16.7 Å². The maximum absolute atomic E-state index is 12.7. The van der Waals surface area contributed by atoms with Gasteiger partial charge >= 0.3 is 0 Å². The molecule has 3 aromatic rings. The van der Waals surface area contributed by atoms with Gasteiger partial charge in [-0.3, -0.25) is 14.3 Å². The van der Waals surface area contributed by atoms with E-state index in [4.69, 9.17) is 17.0 Å². The molecule has 0 bridgehead atoms. The Hall–Kier alpha value is -2.74. The van der Waals surface area contributed by atoms with E-state index in [0.717, 1.165) is 37.4 Å². The van der Waals surface area contributed by atoms with Crippen molar-refractivity contribution in [3.63, 3.8) is 0 Å². The molecule has 1 aromatic carbocycles. The molecule has 1 aliphatic heterocycles. The zero-order valence-corrected chi connectivity index (χ0v) is 16.2. The number of benzene rings is 1. The fourth-order valence-corrected chi connectivity index (χ4v) is 3.85. The summed E-state index contributed by atoms with van der Waals surface area (Å²) in [7, 11) is 0. The third-order valence-electron chi connectivity index (χ3n) is 4.71. The molecule has 0 unspecified atom stereocenters. The fourth-order valence-electron chi connectivity index (χ4n) is 3.43. The highest BCUT2D eigenvalue weighted by molar-refractivity contribution is 7.71. The van der Waals surface area contributed by atoms with Gasteiger partial charge in [-0.05, 0) is 51.0 Å². The van der Waals surface area contributed by atoms with E-state index < -0.39 is 0 Å². The molecule has 0 radical (unpaired) electrons. The molecular weight excluding hydrogens is 362 g/mol. The number of rotatable bonds is 4. The van der Waals surface area contributed by atoms with Crippen LogP contribution < -0.4 is 15.2 Å². The van der Waals surface area contributed by atoms with Gasteiger partial charge in [0.1, 0.15) is 21.6 Å². The number of fused-ring (bicyclic) bond motifs is 1. The number of aromatic nitrogens is 4. The first-order chi connectivity index (χ1) is 13.1.